The molecular formula is C24H20N2O3. The molecule has 0 aliphatic carbocycles. The molecule has 3 aromatic carbocycles. The van der Waals surface area contributed by atoms with Gasteiger partial charge in [0, 0.05) is 22.4 Å². The molecule has 5 nitrogen and oxygen atoms in total. The Morgan fingerprint density at radius 1 is 0.966 bits per heavy atom. The lowest BCUT2D eigenvalue weighted by molar-refractivity contribution is 0.102. The van der Waals surface area contributed by atoms with Crippen LogP contribution in [0.5, 0.6) is 5.75 Å². The molecule has 2 N–H and O–H groups in total. The number of rotatable bonds is 4. The van der Waals surface area contributed by atoms with Gasteiger partial charge in [-0.25, -0.2) is 0 Å². The Bertz CT molecular complexity index is 1260. The van der Waals surface area contributed by atoms with Crippen LogP contribution in [0.1, 0.15) is 15.9 Å². The normalized spacial score (nSPS) is 10.7. The lowest BCUT2D eigenvalue weighted by Crippen LogP contribution is -2.13. The third-order valence-electron chi connectivity index (χ3n) is 4.84. The van der Waals surface area contributed by atoms with Gasteiger partial charge in [0.25, 0.3) is 11.5 Å². The highest BCUT2D eigenvalue weighted by atomic mass is 16.5. The maximum atomic E-state index is 12.8. The largest absolute Gasteiger partial charge is 0.496 e. The first-order valence-electron chi connectivity index (χ1n) is 9.23. The van der Waals surface area contributed by atoms with Crippen molar-refractivity contribution in [3.05, 3.63) is 94.3 Å². The van der Waals surface area contributed by atoms with E-state index < -0.39 is 0 Å². The first-order valence-corrected chi connectivity index (χ1v) is 9.23. The second-order valence-corrected chi connectivity index (χ2v) is 6.82. The maximum Gasteiger partial charge on any atom is 0.255 e. The number of anilines is 1. The summed E-state index contributed by atoms with van der Waals surface area (Å²) in [5.74, 6) is 0.463. The Balaban J connectivity index is 1.66. The molecule has 0 radical (unpaired) electrons. The van der Waals surface area contributed by atoms with Crippen LogP contribution in [-0.2, 0) is 0 Å². The summed E-state index contributed by atoms with van der Waals surface area (Å²) in [4.78, 5) is 27.5. The molecule has 1 amide bonds. The molecule has 29 heavy (non-hydrogen) atoms. The van der Waals surface area contributed by atoms with Crippen molar-refractivity contribution in [2.24, 2.45) is 0 Å². The minimum absolute atomic E-state index is 0.136. The Hall–Kier alpha value is -3.86. The maximum absolute atomic E-state index is 12.8. The highest BCUT2D eigenvalue weighted by Crippen LogP contribution is 2.31. The number of ether oxygens (including phenoxy) is 1. The summed E-state index contributed by atoms with van der Waals surface area (Å²) in [7, 11) is 1.61. The van der Waals surface area contributed by atoms with Gasteiger partial charge in [0.05, 0.1) is 12.6 Å². The zero-order valence-corrected chi connectivity index (χ0v) is 16.2. The molecule has 5 heteroatoms. The number of amides is 1. The third kappa shape index (κ3) is 3.75. The van der Waals surface area contributed by atoms with E-state index in [1.807, 2.05) is 54.6 Å². The van der Waals surface area contributed by atoms with E-state index >= 15 is 0 Å². The molecule has 0 spiro atoms. The van der Waals surface area contributed by atoms with E-state index in [4.69, 9.17) is 4.74 Å². The Morgan fingerprint density at radius 2 is 1.76 bits per heavy atom. The van der Waals surface area contributed by atoms with Gasteiger partial charge in [-0.3, -0.25) is 9.59 Å². The van der Waals surface area contributed by atoms with Crippen molar-refractivity contribution in [3.63, 3.8) is 0 Å². The van der Waals surface area contributed by atoms with Crippen molar-refractivity contribution >= 4 is 22.5 Å². The summed E-state index contributed by atoms with van der Waals surface area (Å²) in [6.07, 6.45) is 0. The summed E-state index contributed by atoms with van der Waals surface area (Å²) in [5.41, 5.74) is 4.14. The zero-order valence-electron chi connectivity index (χ0n) is 16.2. The van der Waals surface area contributed by atoms with Crippen LogP contribution in [-0.4, -0.2) is 18.0 Å². The molecule has 144 valence electrons. The first-order chi connectivity index (χ1) is 14.0. The Morgan fingerprint density at radius 3 is 2.52 bits per heavy atom. The number of hydrogen-bond donors (Lipinski definition) is 2. The number of hydrogen-bond acceptors (Lipinski definition) is 3. The van der Waals surface area contributed by atoms with Gasteiger partial charge in [0.2, 0.25) is 0 Å². The number of H-pyrrole nitrogens is 1. The molecule has 0 saturated carbocycles. The number of pyridine rings is 1. The highest BCUT2D eigenvalue weighted by molar-refractivity contribution is 6.06. The zero-order chi connectivity index (χ0) is 20.4. The van der Waals surface area contributed by atoms with E-state index in [1.54, 1.807) is 32.2 Å². The molecule has 0 saturated heterocycles. The molecule has 0 unspecified atom stereocenters. The molecule has 0 aliphatic heterocycles. The lowest BCUT2D eigenvalue weighted by Gasteiger charge is -2.12. The van der Waals surface area contributed by atoms with E-state index in [0.29, 0.717) is 28.1 Å². The molecule has 0 fully saturated rings. The van der Waals surface area contributed by atoms with Crippen molar-refractivity contribution < 1.29 is 9.53 Å². The van der Waals surface area contributed by atoms with Gasteiger partial charge in [0.1, 0.15) is 5.75 Å². The number of benzene rings is 3. The van der Waals surface area contributed by atoms with Crippen LogP contribution in [0.2, 0.25) is 0 Å². The number of aryl methyl sites for hydroxylation is 1. The first kappa shape index (κ1) is 18.5. The highest BCUT2D eigenvalue weighted by Gasteiger charge is 2.12. The van der Waals surface area contributed by atoms with Crippen molar-refractivity contribution in [1.82, 2.24) is 4.98 Å². The standard InChI is InChI=1S/C24H20N2O3/c1-15-12-17-8-10-19(14-21(17)26-23(15)27)25-24(28)18-9-11-22(29-2)20(13-18)16-6-4-3-5-7-16/h3-14H,1-2H3,(H,25,28)(H,26,27). The van der Waals surface area contributed by atoms with E-state index in [-0.39, 0.29) is 11.5 Å². The van der Waals surface area contributed by atoms with Crippen LogP contribution < -0.4 is 15.6 Å². The summed E-state index contributed by atoms with van der Waals surface area (Å²) in [6, 6.07) is 22.4. The van der Waals surface area contributed by atoms with Crippen LogP contribution in [0, 0.1) is 6.92 Å². The number of aromatic nitrogens is 1. The number of carbonyl (C=O) groups is 1. The average molecular weight is 384 g/mol. The molecular weight excluding hydrogens is 364 g/mol. The minimum atomic E-state index is -0.237. The van der Waals surface area contributed by atoms with E-state index in [0.717, 1.165) is 16.5 Å². The number of aromatic amines is 1. The van der Waals surface area contributed by atoms with Gasteiger partial charge in [-0.05, 0) is 54.3 Å². The predicted octanol–water partition coefficient (Wildman–Crippen LogP) is 4.76. The van der Waals surface area contributed by atoms with Crippen molar-refractivity contribution in [1.29, 1.82) is 0 Å². The number of carbonyl (C=O) groups excluding carboxylic acids is 1. The number of fused-ring (bicyclic) bond motifs is 1. The molecule has 1 heterocycles. The number of methoxy groups -OCH3 is 1. The quantitative estimate of drug-likeness (QED) is 0.533. The second kappa shape index (κ2) is 7.64. The topological polar surface area (TPSA) is 71.2 Å². The summed E-state index contributed by atoms with van der Waals surface area (Å²) < 4.78 is 5.46. The Kier molecular flexibility index (Phi) is 4.87. The molecule has 4 aromatic rings. The molecule has 1 aromatic heterocycles. The second-order valence-electron chi connectivity index (χ2n) is 6.82. The Labute approximate surface area is 168 Å². The molecule has 4 rings (SSSR count). The van der Waals surface area contributed by atoms with Gasteiger partial charge < -0.3 is 15.0 Å². The monoisotopic (exact) mass is 384 g/mol. The summed E-state index contributed by atoms with van der Waals surface area (Å²) in [5, 5.41) is 3.81. The van der Waals surface area contributed by atoms with Gasteiger partial charge in [0.15, 0.2) is 0 Å². The fourth-order valence-electron chi connectivity index (χ4n) is 3.28. The van der Waals surface area contributed by atoms with Crippen LogP contribution in [0.3, 0.4) is 0 Å². The van der Waals surface area contributed by atoms with E-state index in [2.05, 4.69) is 10.3 Å². The van der Waals surface area contributed by atoms with E-state index in [1.165, 1.54) is 0 Å². The van der Waals surface area contributed by atoms with Gasteiger partial charge >= 0.3 is 0 Å². The van der Waals surface area contributed by atoms with Crippen LogP contribution in [0.15, 0.2) is 77.6 Å². The molecule has 0 atom stereocenters. The van der Waals surface area contributed by atoms with Crippen molar-refractivity contribution in [2.45, 2.75) is 6.92 Å². The predicted molar refractivity (Wildman–Crippen MR) is 116 cm³/mol. The summed E-state index contributed by atoms with van der Waals surface area (Å²) in [6.45, 7) is 1.77. The molecule has 0 bridgehead atoms. The van der Waals surface area contributed by atoms with Crippen LogP contribution in [0.4, 0.5) is 5.69 Å². The lowest BCUT2D eigenvalue weighted by atomic mass is 10.0. The average Bonchev–Trinajstić information content (AvgIpc) is 2.75. The van der Waals surface area contributed by atoms with Gasteiger partial charge in [-0.2, -0.15) is 0 Å². The van der Waals surface area contributed by atoms with Gasteiger partial charge in [-0.1, -0.05) is 36.4 Å². The van der Waals surface area contributed by atoms with Gasteiger partial charge in [-0.15, -0.1) is 0 Å². The fourth-order valence-corrected chi connectivity index (χ4v) is 3.28. The minimum Gasteiger partial charge on any atom is -0.496 e. The molecule has 0 aliphatic rings. The van der Waals surface area contributed by atoms with Crippen LogP contribution >= 0.6 is 0 Å². The smallest absolute Gasteiger partial charge is 0.255 e. The number of nitrogens with one attached hydrogen (secondary N) is 2. The fraction of sp³-hybridized carbons (Fsp3) is 0.0833. The van der Waals surface area contributed by atoms with E-state index in [9.17, 15) is 9.59 Å². The van der Waals surface area contributed by atoms with Crippen molar-refractivity contribution in [2.75, 3.05) is 12.4 Å². The SMILES string of the molecule is COc1ccc(C(=O)Nc2ccc3cc(C)c(=O)[nH]c3c2)cc1-c1ccccc1. The summed E-state index contributed by atoms with van der Waals surface area (Å²) >= 11 is 0. The van der Waals surface area contributed by atoms with Crippen LogP contribution in [0.25, 0.3) is 22.0 Å². The van der Waals surface area contributed by atoms with Crippen molar-refractivity contribution in [3.8, 4) is 16.9 Å². The third-order valence-corrected chi connectivity index (χ3v) is 4.84.